The standard InChI is InChI=1S/C9H10FN.ClH/c10-8-4-2-1-3-7(8)9-5-6-11-9;/h1-4,9,11H,5-6H2;1H. The fraction of sp³-hybridized carbons (Fsp3) is 0.333. The van der Waals surface area contributed by atoms with Crippen molar-refractivity contribution in [2.45, 2.75) is 12.5 Å². The van der Waals surface area contributed by atoms with Crippen molar-refractivity contribution < 1.29 is 4.39 Å². The Balaban J connectivity index is 0.000000720. The molecule has 1 atom stereocenters. The van der Waals surface area contributed by atoms with E-state index in [1.165, 1.54) is 6.07 Å². The first-order valence-electron chi connectivity index (χ1n) is 3.86. The second kappa shape index (κ2) is 3.87. The van der Waals surface area contributed by atoms with Gasteiger partial charge in [-0.05, 0) is 19.0 Å². The molecule has 1 saturated heterocycles. The zero-order valence-electron chi connectivity index (χ0n) is 6.59. The van der Waals surface area contributed by atoms with Crippen LogP contribution < -0.4 is 5.32 Å². The van der Waals surface area contributed by atoms with Gasteiger partial charge in [0.05, 0.1) is 0 Å². The third-order valence-corrected chi connectivity index (χ3v) is 2.10. The van der Waals surface area contributed by atoms with Crippen LogP contribution in [0.4, 0.5) is 4.39 Å². The molecule has 1 aliphatic rings. The van der Waals surface area contributed by atoms with Crippen LogP contribution in [-0.2, 0) is 0 Å². The molecule has 1 fully saturated rings. The van der Waals surface area contributed by atoms with Crippen LogP contribution in [0.2, 0.25) is 0 Å². The van der Waals surface area contributed by atoms with Crippen LogP contribution in [0.3, 0.4) is 0 Å². The normalized spacial score (nSPS) is 20.9. The van der Waals surface area contributed by atoms with Gasteiger partial charge in [0.15, 0.2) is 0 Å². The van der Waals surface area contributed by atoms with Crippen LogP contribution in [0.5, 0.6) is 0 Å². The fourth-order valence-electron chi connectivity index (χ4n) is 1.31. The SMILES string of the molecule is Cl.Fc1ccccc1C1CCN1. The van der Waals surface area contributed by atoms with Crippen molar-refractivity contribution in [2.24, 2.45) is 0 Å². The molecule has 0 aliphatic carbocycles. The van der Waals surface area contributed by atoms with E-state index in [0.29, 0.717) is 0 Å². The van der Waals surface area contributed by atoms with Gasteiger partial charge >= 0.3 is 0 Å². The lowest BCUT2D eigenvalue weighted by atomic mass is 9.98. The van der Waals surface area contributed by atoms with Gasteiger partial charge in [0.25, 0.3) is 0 Å². The molecule has 1 aliphatic heterocycles. The number of hydrogen-bond acceptors (Lipinski definition) is 1. The maximum atomic E-state index is 13.0. The molecule has 3 heteroatoms. The molecule has 1 heterocycles. The summed E-state index contributed by atoms with van der Waals surface area (Å²) in [7, 11) is 0. The largest absolute Gasteiger partial charge is 0.310 e. The summed E-state index contributed by atoms with van der Waals surface area (Å²) in [5, 5.41) is 3.16. The molecule has 0 aromatic heterocycles. The van der Waals surface area contributed by atoms with Crippen molar-refractivity contribution >= 4 is 12.4 Å². The maximum absolute atomic E-state index is 13.0. The van der Waals surface area contributed by atoms with E-state index in [0.717, 1.165) is 18.5 Å². The first-order valence-corrected chi connectivity index (χ1v) is 3.86. The van der Waals surface area contributed by atoms with Gasteiger partial charge in [-0.1, -0.05) is 18.2 Å². The number of halogens is 2. The summed E-state index contributed by atoms with van der Waals surface area (Å²) in [6.07, 6.45) is 1.06. The first-order chi connectivity index (χ1) is 5.38. The van der Waals surface area contributed by atoms with E-state index in [4.69, 9.17) is 0 Å². The zero-order valence-corrected chi connectivity index (χ0v) is 7.40. The van der Waals surface area contributed by atoms with E-state index in [-0.39, 0.29) is 24.3 Å². The monoisotopic (exact) mass is 187 g/mol. The highest BCUT2D eigenvalue weighted by atomic mass is 35.5. The van der Waals surface area contributed by atoms with Crippen LogP contribution in [0.25, 0.3) is 0 Å². The highest BCUT2D eigenvalue weighted by Crippen LogP contribution is 2.24. The van der Waals surface area contributed by atoms with Gasteiger partial charge in [-0.25, -0.2) is 4.39 Å². The van der Waals surface area contributed by atoms with Gasteiger partial charge in [0.2, 0.25) is 0 Å². The summed E-state index contributed by atoms with van der Waals surface area (Å²) in [6, 6.07) is 7.20. The van der Waals surface area contributed by atoms with Crippen LogP contribution in [0, 0.1) is 5.82 Å². The Morgan fingerprint density at radius 2 is 2.00 bits per heavy atom. The van der Waals surface area contributed by atoms with Gasteiger partial charge in [-0.3, -0.25) is 0 Å². The van der Waals surface area contributed by atoms with E-state index < -0.39 is 0 Å². The van der Waals surface area contributed by atoms with E-state index in [2.05, 4.69) is 5.32 Å². The molecule has 0 bridgehead atoms. The molecule has 2 rings (SSSR count). The Kier molecular flexibility index (Phi) is 3.06. The van der Waals surface area contributed by atoms with Crippen molar-refractivity contribution in [3.63, 3.8) is 0 Å². The molecule has 1 unspecified atom stereocenters. The molecular weight excluding hydrogens is 177 g/mol. The van der Waals surface area contributed by atoms with E-state index >= 15 is 0 Å². The number of hydrogen-bond donors (Lipinski definition) is 1. The smallest absolute Gasteiger partial charge is 0.127 e. The predicted molar refractivity (Wildman–Crippen MR) is 49.0 cm³/mol. The molecule has 0 saturated carbocycles. The van der Waals surface area contributed by atoms with Crippen molar-refractivity contribution in [3.05, 3.63) is 35.6 Å². The summed E-state index contributed by atoms with van der Waals surface area (Å²) in [4.78, 5) is 0. The van der Waals surface area contributed by atoms with Crippen LogP contribution in [-0.4, -0.2) is 6.54 Å². The van der Waals surface area contributed by atoms with Crippen molar-refractivity contribution in [3.8, 4) is 0 Å². The first kappa shape index (κ1) is 9.49. The van der Waals surface area contributed by atoms with Crippen LogP contribution in [0.15, 0.2) is 24.3 Å². The van der Waals surface area contributed by atoms with Crippen molar-refractivity contribution in [1.29, 1.82) is 0 Å². The second-order valence-electron chi connectivity index (χ2n) is 2.82. The Morgan fingerprint density at radius 1 is 1.33 bits per heavy atom. The summed E-state index contributed by atoms with van der Waals surface area (Å²) >= 11 is 0. The molecular formula is C9H11ClFN. The molecule has 12 heavy (non-hydrogen) atoms. The van der Waals surface area contributed by atoms with Crippen molar-refractivity contribution in [1.82, 2.24) is 5.32 Å². The topological polar surface area (TPSA) is 12.0 Å². The maximum Gasteiger partial charge on any atom is 0.127 e. The molecule has 1 nitrogen and oxygen atoms in total. The van der Waals surface area contributed by atoms with Gasteiger partial charge < -0.3 is 5.32 Å². The lowest BCUT2D eigenvalue weighted by Crippen LogP contribution is -2.35. The third kappa shape index (κ3) is 1.59. The predicted octanol–water partition coefficient (Wildman–Crippen LogP) is 2.28. The quantitative estimate of drug-likeness (QED) is 0.712. The highest BCUT2D eigenvalue weighted by molar-refractivity contribution is 5.85. The minimum Gasteiger partial charge on any atom is -0.310 e. The van der Waals surface area contributed by atoms with Gasteiger partial charge in [-0.15, -0.1) is 12.4 Å². The second-order valence-corrected chi connectivity index (χ2v) is 2.82. The van der Waals surface area contributed by atoms with Crippen molar-refractivity contribution in [2.75, 3.05) is 6.54 Å². The van der Waals surface area contributed by atoms with E-state index in [1.807, 2.05) is 12.1 Å². The highest BCUT2D eigenvalue weighted by Gasteiger charge is 2.20. The minimum atomic E-state index is -0.0929. The summed E-state index contributed by atoms with van der Waals surface area (Å²) in [5.41, 5.74) is 0.804. The lowest BCUT2D eigenvalue weighted by molar-refractivity contribution is 0.370. The van der Waals surface area contributed by atoms with Gasteiger partial charge in [0, 0.05) is 11.6 Å². The molecule has 1 N–H and O–H groups in total. The lowest BCUT2D eigenvalue weighted by Gasteiger charge is -2.28. The third-order valence-electron chi connectivity index (χ3n) is 2.10. The number of rotatable bonds is 1. The minimum absolute atomic E-state index is 0. The average Bonchev–Trinajstić information content (AvgIpc) is 1.90. The number of nitrogens with one attached hydrogen (secondary N) is 1. The zero-order chi connectivity index (χ0) is 7.68. The Labute approximate surface area is 77.4 Å². The van der Waals surface area contributed by atoms with Crippen LogP contribution in [0.1, 0.15) is 18.0 Å². The molecule has 1 aromatic carbocycles. The Bertz CT molecular complexity index is 260. The van der Waals surface area contributed by atoms with Crippen LogP contribution >= 0.6 is 12.4 Å². The molecule has 0 amide bonds. The van der Waals surface area contributed by atoms with Gasteiger partial charge in [0.1, 0.15) is 5.82 Å². The van der Waals surface area contributed by atoms with E-state index in [1.54, 1.807) is 6.07 Å². The van der Waals surface area contributed by atoms with E-state index in [9.17, 15) is 4.39 Å². The summed E-state index contributed by atoms with van der Waals surface area (Å²) in [6.45, 7) is 1.01. The summed E-state index contributed by atoms with van der Waals surface area (Å²) in [5.74, 6) is -0.0929. The average molecular weight is 188 g/mol. The molecule has 1 aromatic rings. The Hall–Kier alpha value is -0.600. The fourth-order valence-corrected chi connectivity index (χ4v) is 1.31. The Morgan fingerprint density at radius 3 is 2.50 bits per heavy atom. The summed E-state index contributed by atoms with van der Waals surface area (Å²) < 4.78 is 13.0. The molecule has 0 radical (unpaired) electrons. The number of benzene rings is 1. The molecule has 66 valence electrons. The molecule has 0 spiro atoms. The van der Waals surface area contributed by atoms with Gasteiger partial charge in [-0.2, -0.15) is 0 Å².